The molecule has 1 amide bonds. The lowest BCUT2D eigenvalue weighted by atomic mass is 10.0. The average molecular weight is 337 g/mol. The third-order valence-electron chi connectivity index (χ3n) is 4.26. The Labute approximate surface area is 145 Å². The number of anilines is 1. The van der Waals surface area contributed by atoms with Crippen molar-refractivity contribution in [2.75, 3.05) is 18.0 Å². The van der Waals surface area contributed by atoms with Crippen LogP contribution in [0.5, 0.6) is 0 Å². The van der Waals surface area contributed by atoms with Crippen molar-refractivity contribution in [3.63, 3.8) is 0 Å². The molecule has 0 fully saturated rings. The Balaban J connectivity index is 1.98. The molecule has 6 heteroatoms. The predicted octanol–water partition coefficient (Wildman–Crippen LogP) is 2.64. The van der Waals surface area contributed by atoms with E-state index in [-0.39, 0.29) is 11.3 Å². The van der Waals surface area contributed by atoms with Gasteiger partial charge >= 0.3 is 5.97 Å². The summed E-state index contributed by atoms with van der Waals surface area (Å²) in [6.45, 7) is 6.13. The Kier molecular flexibility index (Phi) is 4.52. The molecule has 0 aromatic heterocycles. The number of hydrazone groups is 1. The van der Waals surface area contributed by atoms with Crippen molar-refractivity contribution in [2.24, 2.45) is 5.10 Å². The van der Waals surface area contributed by atoms with Gasteiger partial charge in [-0.3, -0.25) is 4.79 Å². The first-order valence-corrected chi connectivity index (χ1v) is 8.15. The minimum Gasteiger partial charge on any atom is -0.476 e. The van der Waals surface area contributed by atoms with E-state index in [1.807, 2.05) is 24.3 Å². The van der Waals surface area contributed by atoms with Gasteiger partial charge in [-0.25, -0.2) is 10.2 Å². The third-order valence-corrected chi connectivity index (χ3v) is 4.26. The maximum absolute atomic E-state index is 11.8. The monoisotopic (exact) mass is 337 g/mol. The quantitative estimate of drug-likeness (QED) is 0.822. The van der Waals surface area contributed by atoms with Crippen molar-refractivity contribution in [3.05, 3.63) is 47.5 Å². The van der Waals surface area contributed by atoms with Crippen molar-refractivity contribution in [1.29, 1.82) is 0 Å². The van der Waals surface area contributed by atoms with Gasteiger partial charge in [0.25, 0.3) is 5.91 Å². The number of hydrogen-bond acceptors (Lipinski definition) is 4. The molecule has 0 bridgehead atoms. The van der Waals surface area contributed by atoms with Crippen LogP contribution in [0.15, 0.2) is 47.1 Å². The van der Waals surface area contributed by atoms with Crippen LogP contribution in [0.4, 0.5) is 5.69 Å². The highest BCUT2D eigenvalue weighted by atomic mass is 16.4. The molecule has 0 aliphatic carbocycles. The van der Waals surface area contributed by atoms with Crippen LogP contribution >= 0.6 is 0 Å². The van der Waals surface area contributed by atoms with E-state index in [9.17, 15) is 9.59 Å². The Bertz CT molecular complexity index is 911. The topological polar surface area (TPSA) is 82.0 Å². The van der Waals surface area contributed by atoms with E-state index >= 15 is 0 Å². The first-order chi connectivity index (χ1) is 12.0. The minimum absolute atomic E-state index is 0.0617. The van der Waals surface area contributed by atoms with Crippen LogP contribution in [0.1, 0.15) is 19.4 Å². The predicted molar refractivity (Wildman–Crippen MR) is 98.7 cm³/mol. The van der Waals surface area contributed by atoms with E-state index in [0.717, 1.165) is 29.4 Å². The molecule has 0 unspecified atom stereocenters. The number of amides is 1. The second kappa shape index (κ2) is 6.76. The van der Waals surface area contributed by atoms with Crippen LogP contribution in [0, 0.1) is 0 Å². The highest BCUT2D eigenvalue weighted by Crippen LogP contribution is 2.24. The van der Waals surface area contributed by atoms with Gasteiger partial charge in [0.1, 0.15) is 0 Å². The van der Waals surface area contributed by atoms with Crippen LogP contribution in [-0.4, -0.2) is 35.8 Å². The highest BCUT2D eigenvalue weighted by molar-refractivity contribution is 6.51. The molecule has 0 radical (unpaired) electrons. The molecule has 128 valence electrons. The van der Waals surface area contributed by atoms with Gasteiger partial charge in [0.05, 0.1) is 5.57 Å². The molecule has 2 aromatic carbocycles. The fourth-order valence-electron chi connectivity index (χ4n) is 2.93. The summed E-state index contributed by atoms with van der Waals surface area (Å²) in [5, 5.41) is 14.8. The molecular weight excluding hydrogens is 318 g/mol. The fourth-order valence-corrected chi connectivity index (χ4v) is 2.93. The third kappa shape index (κ3) is 3.24. The van der Waals surface area contributed by atoms with E-state index in [0.29, 0.717) is 0 Å². The Morgan fingerprint density at radius 3 is 2.52 bits per heavy atom. The van der Waals surface area contributed by atoms with Gasteiger partial charge in [-0.15, -0.1) is 0 Å². The number of nitrogens with one attached hydrogen (secondary N) is 1. The Morgan fingerprint density at radius 1 is 1.16 bits per heavy atom. The van der Waals surface area contributed by atoms with Crippen molar-refractivity contribution in [2.45, 2.75) is 13.8 Å². The number of carbonyl (C=O) groups excluding carboxylic acids is 1. The van der Waals surface area contributed by atoms with Crippen LogP contribution in [0.3, 0.4) is 0 Å². The lowest BCUT2D eigenvalue weighted by Crippen LogP contribution is -2.21. The van der Waals surface area contributed by atoms with Gasteiger partial charge in [0, 0.05) is 18.8 Å². The van der Waals surface area contributed by atoms with Crippen molar-refractivity contribution >= 4 is 40.1 Å². The molecule has 3 rings (SSSR count). The first kappa shape index (κ1) is 16.7. The van der Waals surface area contributed by atoms with Gasteiger partial charge < -0.3 is 10.0 Å². The maximum Gasteiger partial charge on any atom is 0.357 e. The number of fused-ring (bicyclic) bond motifs is 1. The smallest absolute Gasteiger partial charge is 0.357 e. The Hall–Kier alpha value is -3.15. The molecule has 0 atom stereocenters. The molecule has 2 N–H and O–H groups in total. The zero-order valence-corrected chi connectivity index (χ0v) is 14.1. The largest absolute Gasteiger partial charge is 0.476 e. The average Bonchev–Trinajstić information content (AvgIpc) is 2.97. The lowest BCUT2D eigenvalue weighted by Gasteiger charge is -2.21. The summed E-state index contributed by atoms with van der Waals surface area (Å²) < 4.78 is 0. The van der Waals surface area contributed by atoms with Gasteiger partial charge in [-0.1, -0.05) is 18.2 Å². The van der Waals surface area contributed by atoms with E-state index < -0.39 is 11.9 Å². The number of aliphatic carboxylic acids is 1. The molecule has 1 aliphatic rings. The fraction of sp³-hybridized carbons (Fsp3) is 0.211. The molecule has 6 nitrogen and oxygen atoms in total. The molecule has 2 aromatic rings. The molecule has 25 heavy (non-hydrogen) atoms. The van der Waals surface area contributed by atoms with E-state index in [4.69, 9.17) is 5.11 Å². The second-order valence-electron chi connectivity index (χ2n) is 5.73. The normalized spacial score (nSPS) is 15.4. The lowest BCUT2D eigenvalue weighted by molar-refractivity contribution is -0.129. The number of carboxylic acids is 1. The molecule has 0 saturated carbocycles. The summed E-state index contributed by atoms with van der Waals surface area (Å²) in [5.74, 6) is -1.73. The number of benzene rings is 2. The summed E-state index contributed by atoms with van der Waals surface area (Å²) in [5.41, 5.74) is 3.90. The SMILES string of the molecule is CCN(CC)c1ccc2cc(/C=C3\C(=O)NN=C3C(=O)O)ccc2c1. The molecule has 1 heterocycles. The van der Waals surface area contributed by atoms with E-state index in [1.54, 1.807) is 6.08 Å². The van der Waals surface area contributed by atoms with Crippen molar-refractivity contribution in [3.8, 4) is 0 Å². The summed E-state index contributed by atoms with van der Waals surface area (Å²) in [6.07, 6.45) is 1.55. The van der Waals surface area contributed by atoms with Crippen LogP contribution in [0.2, 0.25) is 0 Å². The van der Waals surface area contributed by atoms with Crippen molar-refractivity contribution < 1.29 is 14.7 Å². The van der Waals surface area contributed by atoms with Crippen molar-refractivity contribution in [1.82, 2.24) is 5.43 Å². The molecule has 0 spiro atoms. The molecule has 0 saturated heterocycles. The van der Waals surface area contributed by atoms with E-state index in [2.05, 4.69) is 41.4 Å². The van der Waals surface area contributed by atoms with Gasteiger partial charge in [-0.05, 0) is 54.5 Å². The van der Waals surface area contributed by atoms with Crippen LogP contribution in [0.25, 0.3) is 16.8 Å². The van der Waals surface area contributed by atoms with Crippen LogP contribution < -0.4 is 10.3 Å². The molecule has 1 aliphatic heterocycles. The summed E-state index contributed by atoms with van der Waals surface area (Å²) in [7, 11) is 0. The number of carbonyl (C=O) groups is 2. The van der Waals surface area contributed by atoms with Gasteiger partial charge in [0.15, 0.2) is 5.71 Å². The first-order valence-electron chi connectivity index (χ1n) is 8.15. The van der Waals surface area contributed by atoms with E-state index in [1.165, 1.54) is 5.69 Å². The van der Waals surface area contributed by atoms with Crippen LogP contribution in [-0.2, 0) is 9.59 Å². The van der Waals surface area contributed by atoms with Gasteiger partial charge in [-0.2, -0.15) is 5.10 Å². The number of carboxylic acid groups (broad SMARTS) is 1. The molecular formula is C19H19N3O3. The summed E-state index contributed by atoms with van der Waals surface area (Å²) >= 11 is 0. The second-order valence-corrected chi connectivity index (χ2v) is 5.73. The summed E-state index contributed by atoms with van der Waals surface area (Å²) in [4.78, 5) is 25.2. The maximum atomic E-state index is 11.8. The standard InChI is InChI=1S/C19H19N3O3/c1-3-22(4-2)15-8-7-13-9-12(5-6-14(13)11-15)10-16-17(19(24)25)20-21-18(16)23/h5-11H,3-4H2,1-2H3,(H,21,23)(H,24,25)/b16-10-. The summed E-state index contributed by atoms with van der Waals surface area (Å²) in [6, 6.07) is 12.0. The Morgan fingerprint density at radius 2 is 1.84 bits per heavy atom. The number of nitrogens with zero attached hydrogens (tertiary/aromatic N) is 2. The number of hydrogen-bond donors (Lipinski definition) is 2. The van der Waals surface area contributed by atoms with Gasteiger partial charge in [0.2, 0.25) is 0 Å². The highest BCUT2D eigenvalue weighted by Gasteiger charge is 2.27. The zero-order chi connectivity index (χ0) is 18.0. The number of rotatable bonds is 5. The zero-order valence-electron chi connectivity index (χ0n) is 14.1. The minimum atomic E-state index is -1.23.